The molecule has 1 unspecified atom stereocenters. The summed E-state index contributed by atoms with van der Waals surface area (Å²) in [6.45, 7) is 4.64. The molecule has 0 saturated carbocycles. The molecule has 7 heteroatoms. The highest BCUT2D eigenvalue weighted by Gasteiger charge is 2.17. The first-order valence-electron chi connectivity index (χ1n) is 6.84. The first-order chi connectivity index (χ1) is 10.1. The molecule has 112 valence electrons. The second-order valence-electron chi connectivity index (χ2n) is 5.14. The lowest BCUT2D eigenvalue weighted by Gasteiger charge is -2.18. The van der Waals surface area contributed by atoms with Gasteiger partial charge >= 0.3 is 0 Å². The molecule has 3 N–H and O–H groups in total. The number of aromatic nitrogens is 3. The second-order valence-corrected chi connectivity index (χ2v) is 6.17. The number of thiazole rings is 1. The van der Waals surface area contributed by atoms with Crippen molar-refractivity contribution in [2.75, 3.05) is 6.54 Å². The summed E-state index contributed by atoms with van der Waals surface area (Å²) < 4.78 is 0. The number of nitrogens with zero attached hydrogens (tertiary/aromatic N) is 3. The normalized spacial score (nSPS) is 12.4. The third kappa shape index (κ3) is 4.30. The molecule has 0 radical (unpaired) electrons. The third-order valence-corrected chi connectivity index (χ3v) is 3.85. The molecule has 0 aliphatic heterocycles. The Morgan fingerprint density at radius 3 is 2.67 bits per heavy atom. The number of carbonyl (C=O) groups is 1. The van der Waals surface area contributed by atoms with Crippen molar-refractivity contribution >= 4 is 17.2 Å². The standard InChI is InChI=1S/C14H19N5OS/c1-9(2)6-10(7-15)19-13(20)11-8-18-14(21-11)12-16-4-3-5-17-12/h3-5,8-10H,6-7,15H2,1-2H3,(H,19,20). The van der Waals surface area contributed by atoms with E-state index in [1.807, 2.05) is 0 Å². The molecule has 0 spiro atoms. The van der Waals surface area contributed by atoms with Crippen molar-refractivity contribution in [3.05, 3.63) is 29.5 Å². The number of nitrogens with two attached hydrogens (primary N) is 1. The Kier molecular flexibility index (Phi) is 5.35. The van der Waals surface area contributed by atoms with Gasteiger partial charge in [0.15, 0.2) is 10.8 Å². The van der Waals surface area contributed by atoms with Crippen LogP contribution < -0.4 is 11.1 Å². The summed E-state index contributed by atoms with van der Waals surface area (Å²) in [6.07, 6.45) is 5.71. The molecular formula is C14H19N5OS. The Labute approximate surface area is 127 Å². The minimum atomic E-state index is -0.147. The second kappa shape index (κ2) is 7.24. The van der Waals surface area contributed by atoms with E-state index < -0.39 is 0 Å². The van der Waals surface area contributed by atoms with Crippen LogP contribution in [-0.2, 0) is 0 Å². The van der Waals surface area contributed by atoms with E-state index in [1.54, 1.807) is 24.7 Å². The van der Waals surface area contributed by atoms with E-state index in [0.717, 1.165) is 6.42 Å². The quantitative estimate of drug-likeness (QED) is 0.847. The highest BCUT2D eigenvalue weighted by Crippen LogP contribution is 2.21. The monoisotopic (exact) mass is 305 g/mol. The molecule has 21 heavy (non-hydrogen) atoms. The van der Waals surface area contributed by atoms with Gasteiger partial charge in [-0.15, -0.1) is 11.3 Å². The van der Waals surface area contributed by atoms with Crippen LogP contribution in [0.25, 0.3) is 10.8 Å². The zero-order valence-electron chi connectivity index (χ0n) is 12.1. The van der Waals surface area contributed by atoms with Crippen molar-refractivity contribution in [3.63, 3.8) is 0 Å². The molecule has 0 aliphatic rings. The molecule has 2 aromatic rings. The summed E-state index contributed by atoms with van der Waals surface area (Å²) in [4.78, 5) is 25.2. The van der Waals surface area contributed by atoms with Gasteiger partial charge in [0.05, 0.1) is 6.20 Å². The topological polar surface area (TPSA) is 93.8 Å². The van der Waals surface area contributed by atoms with Gasteiger partial charge in [0, 0.05) is 25.0 Å². The third-order valence-electron chi connectivity index (χ3n) is 2.86. The lowest BCUT2D eigenvalue weighted by atomic mass is 10.0. The molecule has 0 bridgehead atoms. The van der Waals surface area contributed by atoms with E-state index in [9.17, 15) is 4.79 Å². The summed E-state index contributed by atoms with van der Waals surface area (Å²) in [5, 5.41) is 3.58. The number of nitrogens with one attached hydrogen (secondary N) is 1. The minimum Gasteiger partial charge on any atom is -0.347 e. The maximum atomic E-state index is 12.2. The van der Waals surface area contributed by atoms with Gasteiger partial charge in [-0.1, -0.05) is 13.8 Å². The molecule has 2 rings (SSSR count). The first-order valence-corrected chi connectivity index (χ1v) is 7.66. The number of amides is 1. The maximum Gasteiger partial charge on any atom is 0.263 e. The smallest absolute Gasteiger partial charge is 0.263 e. The number of carbonyl (C=O) groups excluding carboxylic acids is 1. The van der Waals surface area contributed by atoms with Crippen molar-refractivity contribution in [2.24, 2.45) is 11.7 Å². The van der Waals surface area contributed by atoms with E-state index in [2.05, 4.69) is 34.1 Å². The lowest BCUT2D eigenvalue weighted by Crippen LogP contribution is -2.40. The fourth-order valence-electron chi connectivity index (χ4n) is 1.93. The van der Waals surface area contributed by atoms with Gasteiger partial charge in [-0.2, -0.15) is 0 Å². The highest BCUT2D eigenvalue weighted by molar-refractivity contribution is 7.16. The van der Waals surface area contributed by atoms with Crippen LogP contribution in [0.4, 0.5) is 0 Å². The van der Waals surface area contributed by atoms with Gasteiger partial charge in [0.2, 0.25) is 0 Å². The van der Waals surface area contributed by atoms with Crippen LogP contribution in [0.1, 0.15) is 29.9 Å². The largest absolute Gasteiger partial charge is 0.347 e. The van der Waals surface area contributed by atoms with E-state index in [1.165, 1.54) is 11.3 Å². The number of rotatable bonds is 6. The Bertz CT molecular complexity index is 584. The fourth-order valence-corrected chi connectivity index (χ4v) is 2.70. The molecule has 6 nitrogen and oxygen atoms in total. The lowest BCUT2D eigenvalue weighted by molar-refractivity contribution is 0.0937. The average Bonchev–Trinajstić information content (AvgIpc) is 2.97. The molecule has 1 atom stereocenters. The van der Waals surface area contributed by atoms with Crippen LogP contribution in [0.5, 0.6) is 0 Å². The molecule has 1 amide bonds. The Balaban J connectivity index is 2.05. The molecular weight excluding hydrogens is 286 g/mol. The molecule has 2 heterocycles. The van der Waals surface area contributed by atoms with Crippen molar-refractivity contribution in [2.45, 2.75) is 26.3 Å². The van der Waals surface area contributed by atoms with E-state index >= 15 is 0 Å². The number of hydrogen-bond acceptors (Lipinski definition) is 6. The van der Waals surface area contributed by atoms with Gasteiger partial charge in [0.25, 0.3) is 5.91 Å². The van der Waals surface area contributed by atoms with Crippen molar-refractivity contribution in [3.8, 4) is 10.8 Å². The Morgan fingerprint density at radius 1 is 1.33 bits per heavy atom. The van der Waals surface area contributed by atoms with Crippen molar-refractivity contribution in [1.82, 2.24) is 20.3 Å². The summed E-state index contributed by atoms with van der Waals surface area (Å²) in [7, 11) is 0. The van der Waals surface area contributed by atoms with Gasteiger partial charge in [-0.3, -0.25) is 4.79 Å². The highest BCUT2D eigenvalue weighted by atomic mass is 32.1. The van der Waals surface area contributed by atoms with Gasteiger partial charge in [0.1, 0.15) is 4.88 Å². The zero-order valence-corrected chi connectivity index (χ0v) is 12.9. The van der Waals surface area contributed by atoms with E-state index in [-0.39, 0.29) is 11.9 Å². The van der Waals surface area contributed by atoms with Crippen LogP contribution in [0, 0.1) is 5.92 Å². The average molecular weight is 305 g/mol. The maximum absolute atomic E-state index is 12.2. The van der Waals surface area contributed by atoms with E-state index in [4.69, 9.17) is 5.73 Å². The summed E-state index contributed by atoms with van der Waals surface area (Å²) in [6, 6.07) is 1.72. The van der Waals surface area contributed by atoms with Gasteiger partial charge in [-0.25, -0.2) is 15.0 Å². The first kappa shape index (κ1) is 15.5. The molecule has 0 fully saturated rings. The SMILES string of the molecule is CC(C)CC(CN)NC(=O)c1cnc(-c2ncccn2)s1. The zero-order chi connectivity index (χ0) is 15.2. The summed E-state index contributed by atoms with van der Waals surface area (Å²) >= 11 is 1.28. The number of hydrogen-bond donors (Lipinski definition) is 2. The summed E-state index contributed by atoms with van der Waals surface area (Å²) in [5.74, 6) is 0.860. The van der Waals surface area contributed by atoms with Gasteiger partial charge < -0.3 is 11.1 Å². The molecule has 0 aliphatic carbocycles. The van der Waals surface area contributed by atoms with Crippen molar-refractivity contribution < 1.29 is 4.79 Å². The molecule has 0 saturated heterocycles. The van der Waals surface area contributed by atoms with E-state index in [0.29, 0.717) is 28.2 Å². The minimum absolute atomic E-state index is 0.0176. The van der Waals surface area contributed by atoms with Crippen LogP contribution in [-0.4, -0.2) is 33.4 Å². The van der Waals surface area contributed by atoms with Gasteiger partial charge in [-0.05, 0) is 18.4 Å². The Hall–Kier alpha value is -1.86. The Morgan fingerprint density at radius 2 is 2.05 bits per heavy atom. The van der Waals surface area contributed by atoms with Crippen LogP contribution in [0.3, 0.4) is 0 Å². The van der Waals surface area contributed by atoms with Crippen molar-refractivity contribution in [1.29, 1.82) is 0 Å². The van der Waals surface area contributed by atoms with Crippen LogP contribution in [0.2, 0.25) is 0 Å². The summed E-state index contributed by atoms with van der Waals surface area (Å²) in [5.41, 5.74) is 5.70. The predicted molar refractivity (Wildman–Crippen MR) is 82.9 cm³/mol. The predicted octanol–water partition coefficient (Wildman–Crippen LogP) is 1.70. The fraction of sp³-hybridized carbons (Fsp3) is 0.429. The molecule has 2 aromatic heterocycles. The van der Waals surface area contributed by atoms with Crippen LogP contribution >= 0.6 is 11.3 Å². The molecule has 0 aromatic carbocycles. The van der Waals surface area contributed by atoms with Crippen LogP contribution in [0.15, 0.2) is 24.7 Å².